The van der Waals surface area contributed by atoms with Gasteiger partial charge in [-0.15, -0.1) is 0 Å². The van der Waals surface area contributed by atoms with Gasteiger partial charge < -0.3 is 15.8 Å². The quantitative estimate of drug-likeness (QED) is 0.485. The zero-order valence-corrected chi connectivity index (χ0v) is 18.3. The van der Waals surface area contributed by atoms with Gasteiger partial charge in [0.2, 0.25) is 11.8 Å². The second-order valence-corrected chi connectivity index (χ2v) is 9.27. The highest BCUT2D eigenvalue weighted by Gasteiger charge is 2.44. The minimum absolute atomic E-state index is 0.0820. The number of carbonyl (C=O) groups is 4. The zero-order chi connectivity index (χ0) is 23.5. The molecule has 9 nitrogen and oxygen atoms in total. The second kappa shape index (κ2) is 7.33. The molecule has 170 valence electrons. The largest absolute Gasteiger partial charge is 0.487 e. The fourth-order valence-electron chi connectivity index (χ4n) is 4.76. The van der Waals surface area contributed by atoms with Gasteiger partial charge in [0.15, 0.2) is 0 Å². The Hall–Kier alpha value is -3.88. The van der Waals surface area contributed by atoms with Crippen molar-refractivity contribution in [2.45, 2.75) is 50.8 Å². The van der Waals surface area contributed by atoms with E-state index in [1.807, 2.05) is 26.0 Å². The van der Waals surface area contributed by atoms with Crippen molar-refractivity contribution < 1.29 is 23.9 Å². The van der Waals surface area contributed by atoms with E-state index < -0.39 is 35.3 Å². The van der Waals surface area contributed by atoms with E-state index in [1.165, 1.54) is 0 Å². The van der Waals surface area contributed by atoms with E-state index in [-0.39, 0.29) is 30.0 Å². The molecule has 3 aliphatic rings. The molecule has 3 heterocycles. The first-order chi connectivity index (χ1) is 15.6. The number of benzene rings is 2. The molecular formula is C24H24N4O5. The molecule has 0 aliphatic carbocycles. The molecule has 2 aromatic carbocycles. The molecule has 2 atom stereocenters. The summed E-state index contributed by atoms with van der Waals surface area (Å²) in [6.07, 6.45) is 0.866. The molecular weight excluding hydrogens is 424 g/mol. The zero-order valence-electron chi connectivity index (χ0n) is 18.3. The molecule has 3 aliphatic heterocycles. The minimum Gasteiger partial charge on any atom is -0.487 e. The van der Waals surface area contributed by atoms with Crippen LogP contribution in [-0.2, 0) is 9.59 Å². The minimum atomic E-state index is -0.988. The molecule has 1 saturated heterocycles. The van der Waals surface area contributed by atoms with Crippen molar-refractivity contribution in [3.05, 3.63) is 53.1 Å². The standard InChI is InChI=1S/C24H24N4O5/c1-24(2)11-17(16-9-12(25)3-7-19(16)33-24)26-13-4-5-14-15(10-13)23(32)28(22(14)31)18-6-8-20(29)27-21(18)30/h3-5,7,9-10,17-18,26H,6,8,11,25H2,1-2H3,(H,27,29,30). The van der Waals surface area contributed by atoms with Crippen LogP contribution in [0, 0.1) is 0 Å². The Bertz CT molecular complexity index is 1220. The number of anilines is 2. The first-order valence-corrected chi connectivity index (χ1v) is 10.8. The summed E-state index contributed by atoms with van der Waals surface area (Å²) < 4.78 is 6.08. The van der Waals surface area contributed by atoms with Crippen LogP contribution < -0.4 is 21.1 Å². The van der Waals surface area contributed by atoms with Gasteiger partial charge in [0.05, 0.1) is 17.2 Å². The van der Waals surface area contributed by atoms with E-state index in [1.54, 1.807) is 24.3 Å². The number of piperidine rings is 1. The number of fused-ring (bicyclic) bond motifs is 2. The summed E-state index contributed by atoms with van der Waals surface area (Å²) in [5.74, 6) is -1.35. The molecule has 9 heteroatoms. The van der Waals surface area contributed by atoms with Gasteiger partial charge >= 0.3 is 0 Å². The topological polar surface area (TPSA) is 131 Å². The van der Waals surface area contributed by atoms with Crippen LogP contribution in [0.5, 0.6) is 5.75 Å². The fraction of sp³-hybridized carbons (Fsp3) is 0.333. The molecule has 0 bridgehead atoms. The third kappa shape index (κ3) is 3.59. The Labute approximate surface area is 190 Å². The lowest BCUT2D eigenvalue weighted by Crippen LogP contribution is -2.54. The van der Waals surface area contributed by atoms with Crippen LogP contribution in [-0.4, -0.2) is 40.2 Å². The Morgan fingerprint density at radius 3 is 2.58 bits per heavy atom. The number of carbonyl (C=O) groups excluding carboxylic acids is 4. The number of nitrogens with two attached hydrogens (primary N) is 1. The van der Waals surface area contributed by atoms with Crippen LogP contribution in [0.3, 0.4) is 0 Å². The molecule has 4 amide bonds. The van der Waals surface area contributed by atoms with Crippen LogP contribution >= 0.6 is 0 Å². The number of hydrogen-bond acceptors (Lipinski definition) is 7. The number of nitrogens with zero attached hydrogens (tertiary/aromatic N) is 1. The number of nitrogens with one attached hydrogen (secondary N) is 2. The molecule has 5 rings (SSSR count). The molecule has 1 fully saturated rings. The molecule has 0 aromatic heterocycles. The lowest BCUT2D eigenvalue weighted by atomic mass is 9.89. The average Bonchev–Trinajstić information content (AvgIpc) is 2.98. The summed E-state index contributed by atoms with van der Waals surface area (Å²) in [5, 5.41) is 5.66. The second-order valence-electron chi connectivity index (χ2n) is 9.27. The van der Waals surface area contributed by atoms with E-state index in [2.05, 4.69) is 10.6 Å². The monoisotopic (exact) mass is 448 g/mol. The highest BCUT2D eigenvalue weighted by molar-refractivity contribution is 6.23. The Morgan fingerprint density at radius 2 is 1.82 bits per heavy atom. The maximum atomic E-state index is 13.1. The van der Waals surface area contributed by atoms with Crippen molar-refractivity contribution in [3.63, 3.8) is 0 Å². The van der Waals surface area contributed by atoms with Gasteiger partial charge in [-0.2, -0.15) is 0 Å². The Kier molecular flexibility index (Phi) is 4.66. The average molecular weight is 448 g/mol. The summed E-state index contributed by atoms with van der Waals surface area (Å²) >= 11 is 0. The molecule has 4 N–H and O–H groups in total. The van der Waals surface area contributed by atoms with Crippen LogP contribution in [0.1, 0.15) is 65.4 Å². The van der Waals surface area contributed by atoms with Crippen molar-refractivity contribution >= 4 is 35.0 Å². The van der Waals surface area contributed by atoms with Gasteiger partial charge in [-0.05, 0) is 56.7 Å². The maximum absolute atomic E-state index is 13.1. The SMILES string of the molecule is CC1(C)CC(Nc2ccc3c(c2)C(=O)N(C2CCC(=O)NC2=O)C3=O)c2cc(N)ccc2O1. The molecule has 2 unspecified atom stereocenters. The first-order valence-electron chi connectivity index (χ1n) is 10.8. The number of rotatable bonds is 3. The van der Waals surface area contributed by atoms with Gasteiger partial charge in [-0.1, -0.05) is 0 Å². The lowest BCUT2D eigenvalue weighted by molar-refractivity contribution is -0.136. The van der Waals surface area contributed by atoms with E-state index in [4.69, 9.17) is 10.5 Å². The van der Waals surface area contributed by atoms with Gasteiger partial charge in [0.25, 0.3) is 11.8 Å². The van der Waals surface area contributed by atoms with Crippen molar-refractivity contribution in [2.24, 2.45) is 0 Å². The number of nitrogen functional groups attached to an aromatic ring is 1. The highest BCUT2D eigenvalue weighted by atomic mass is 16.5. The summed E-state index contributed by atoms with van der Waals surface area (Å²) in [6, 6.07) is 9.37. The van der Waals surface area contributed by atoms with Crippen LogP contribution in [0.15, 0.2) is 36.4 Å². The van der Waals surface area contributed by atoms with Crippen molar-refractivity contribution in [3.8, 4) is 5.75 Å². The van der Waals surface area contributed by atoms with Crippen molar-refractivity contribution in [1.29, 1.82) is 0 Å². The summed E-state index contributed by atoms with van der Waals surface area (Å²) in [6.45, 7) is 4.01. The lowest BCUT2D eigenvalue weighted by Gasteiger charge is -2.38. The highest BCUT2D eigenvalue weighted by Crippen LogP contribution is 2.42. The molecule has 0 saturated carbocycles. The van der Waals surface area contributed by atoms with Crippen LogP contribution in [0.25, 0.3) is 0 Å². The smallest absolute Gasteiger partial charge is 0.262 e. The summed E-state index contributed by atoms with van der Waals surface area (Å²) in [5.41, 5.74) is 8.26. The van der Waals surface area contributed by atoms with Gasteiger partial charge in [-0.25, -0.2) is 0 Å². The third-order valence-electron chi connectivity index (χ3n) is 6.27. The van der Waals surface area contributed by atoms with Gasteiger partial charge in [0, 0.05) is 29.8 Å². The van der Waals surface area contributed by atoms with Crippen LogP contribution in [0.2, 0.25) is 0 Å². The third-order valence-corrected chi connectivity index (χ3v) is 6.27. The molecule has 2 aromatic rings. The van der Waals surface area contributed by atoms with E-state index in [0.717, 1.165) is 16.2 Å². The van der Waals surface area contributed by atoms with E-state index in [0.29, 0.717) is 17.8 Å². The Morgan fingerprint density at radius 1 is 1.06 bits per heavy atom. The predicted molar refractivity (Wildman–Crippen MR) is 120 cm³/mol. The van der Waals surface area contributed by atoms with Crippen molar-refractivity contribution in [2.75, 3.05) is 11.1 Å². The first kappa shape index (κ1) is 21.0. The molecule has 0 spiro atoms. The Balaban J connectivity index is 1.43. The molecule has 0 radical (unpaired) electrons. The number of imide groups is 2. The summed E-state index contributed by atoms with van der Waals surface area (Å²) in [4.78, 5) is 50.7. The van der Waals surface area contributed by atoms with Crippen molar-refractivity contribution in [1.82, 2.24) is 10.2 Å². The van der Waals surface area contributed by atoms with E-state index in [9.17, 15) is 19.2 Å². The summed E-state index contributed by atoms with van der Waals surface area (Å²) in [7, 11) is 0. The van der Waals surface area contributed by atoms with Gasteiger partial charge in [-0.3, -0.25) is 29.4 Å². The predicted octanol–water partition coefficient (Wildman–Crippen LogP) is 2.38. The van der Waals surface area contributed by atoms with Crippen LogP contribution in [0.4, 0.5) is 11.4 Å². The normalized spacial score (nSPS) is 23.5. The fourth-order valence-corrected chi connectivity index (χ4v) is 4.76. The molecule has 33 heavy (non-hydrogen) atoms. The maximum Gasteiger partial charge on any atom is 0.262 e. The number of hydrogen-bond donors (Lipinski definition) is 3. The van der Waals surface area contributed by atoms with Gasteiger partial charge in [0.1, 0.15) is 17.4 Å². The number of ether oxygens (including phenoxy) is 1. The van der Waals surface area contributed by atoms with E-state index >= 15 is 0 Å². The number of amides is 4.